The fourth-order valence-electron chi connectivity index (χ4n) is 3.17. The van der Waals surface area contributed by atoms with Crippen LogP contribution in [0.5, 0.6) is 0 Å². The van der Waals surface area contributed by atoms with Crippen molar-refractivity contribution in [1.82, 2.24) is 5.32 Å². The first-order valence-electron chi connectivity index (χ1n) is 6.44. The number of hydrogen-bond donors (Lipinski definition) is 1. The van der Waals surface area contributed by atoms with Crippen LogP contribution < -0.4 is 10.2 Å². The van der Waals surface area contributed by atoms with Crippen molar-refractivity contribution in [3.05, 3.63) is 28.2 Å². The van der Waals surface area contributed by atoms with Crippen LogP contribution in [0, 0.1) is 18.8 Å². The molecule has 2 saturated heterocycles. The molecule has 2 aliphatic rings. The smallest absolute Gasteiger partial charge is 0.0511 e. The number of rotatable bonds is 1. The van der Waals surface area contributed by atoms with Crippen molar-refractivity contribution in [3.8, 4) is 0 Å². The molecule has 92 valence electrons. The molecule has 2 aliphatic heterocycles. The third-order valence-electron chi connectivity index (χ3n) is 3.93. The van der Waals surface area contributed by atoms with Gasteiger partial charge in [-0.25, -0.2) is 0 Å². The predicted molar refractivity (Wildman–Crippen MR) is 75.6 cm³/mol. The summed E-state index contributed by atoms with van der Waals surface area (Å²) in [7, 11) is 0. The van der Waals surface area contributed by atoms with Crippen molar-refractivity contribution in [2.75, 3.05) is 31.1 Å². The largest absolute Gasteiger partial charge is 0.370 e. The maximum absolute atomic E-state index is 3.71. The van der Waals surface area contributed by atoms with E-state index in [9.17, 15) is 0 Å². The summed E-state index contributed by atoms with van der Waals surface area (Å²) in [5.41, 5.74) is 2.69. The fourth-order valence-corrected chi connectivity index (χ4v) is 3.91. The molecule has 0 radical (unpaired) electrons. The Labute approximate surface area is 112 Å². The summed E-state index contributed by atoms with van der Waals surface area (Å²) in [6.07, 6.45) is 1.41. The number of anilines is 1. The lowest BCUT2D eigenvalue weighted by Gasteiger charge is -2.43. The van der Waals surface area contributed by atoms with Gasteiger partial charge in [-0.05, 0) is 71.9 Å². The minimum atomic E-state index is 0.829. The number of benzene rings is 1. The van der Waals surface area contributed by atoms with Crippen molar-refractivity contribution in [2.24, 2.45) is 11.8 Å². The molecule has 1 N–H and O–H groups in total. The summed E-state index contributed by atoms with van der Waals surface area (Å²) in [6.45, 7) is 6.92. The molecule has 1 aromatic rings. The first-order chi connectivity index (χ1) is 8.22. The number of aryl methyl sites for hydroxylation is 1. The van der Waals surface area contributed by atoms with E-state index in [0.717, 1.165) is 11.8 Å². The summed E-state index contributed by atoms with van der Waals surface area (Å²) >= 11 is 3.71. The Bertz CT molecular complexity index is 407. The highest BCUT2D eigenvalue weighted by molar-refractivity contribution is 9.10. The molecule has 0 spiro atoms. The third kappa shape index (κ3) is 2.36. The van der Waals surface area contributed by atoms with Crippen LogP contribution in [0.15, 0.2) is 22.7 Å². The van der Waals surface area contributed by atoms with E-state index in [1.807, 2.05) is 0 Å². The highest BCUT2D eigenvalue weighted by Gasteiger charge is 2.30. The second kappa shape index (κ2) is 4.62. The zero-order valence-corrected chi connectivity index (χ0v) is 11.8. The van der Waals surface area contributed by atoms with Gasteiger partial charge < -0.3 is 10.2 Å². The average Bonchev–Trinajstić information content (AvgIpc) is 2.28. The van der Waals surface area contributed by atoms with Crippen LogP contribution >= 0.6 is 15.9 Å². The highest BCUT2D eigenvalue weighted by Crippen LogP contribution is 2.33. The molecule has 2 nitrogen and oxygen atoms in total. The summed E-state index contributed by atoms with van der Waals surface area (Å²) in [5, 5.41) is 3.54. The standard InChI is InChI=1S/C14H19BrN2/c1-10-2-3-14(13(15)4-10)17-8-11-5-12(9-17)7-16-6-11/h2-4,11-12,16H,5-9H2,1H3. The van der Waals surface area contributed by atoms with Crippen molar-refractivity contribution in [3.63, 3.8) is 0 Å². The Hall–Kier alpha value is -0.540. The van der Waals surface area contributed by atoms with Crippen LogP contribution in [0.2, 0.25) is 0 Å². The second-order valence-electron chi connectivity index (χ2n) is 5.49. The Kier molecular flexibility index (Phi) is 3.14. The topological polar surface area (TPSA) is 15.3 Å². The first kappa shape index (κ1) is 11.5. The molecule has 0 aromatic heterocycles. The van der Waals surface area contributed by atoms with Gasteiger partial charge in [0.1, 0.15) is 0 Å². The van der Waals surface area contributed by atoms with E-state index in [1.54, 1.807) is 0 Å². The van der Waals surface area contributed by atoms with Gasteiger partial charge in [-0.3, -0.25) is 0 Å². The molecule has 2 heterocycles. The molecule has 17 heavy (non-hydrogen) atoms. The molecule has 2 fully saturated rings. The lowest BCUT2D eigenvalue weighted by Crippen LogP contribution is -2.51. The van der Waals surface area contributed by atoms with Crippen LogP contribution in [0.4, 0.5) is 5.69 Å². The van der Waals surface area contributed by atoms with Gasteiger partial charge in [0.05, 0.1) is 5.69 Å². The van der Waals surface area contributed by atoms with Gasteiger partial charge in [0.25, 0.3) is 0 Å². The van der Waals surface area contributed by atoms with E-state index < -0.39 is 0 Å². The van der Waals surface area contributed by atoms with Crippen LogP contribution in [0.25, 0.3) is 0 Å². The van der Waals surface area contributed by atoms with Gasteiger partial charge in [-0.1, -0.05) is 6.07 Å². The Morgan fingerprint density at radius 2 is 1.94 bits per heavy atom. The molecular formula is C14H19BrN2. The van der Waals surface area contributed by atoms with Crippen molar-refractivity contribution in [2.45, 2.75) is 13.3 Å². The Morgan fingerprint density at radius 3 is 2.59 bits per heavy atom. The lowest BCUT2D eigenvalue weighted by molar-refractivity contribution is 0.249. The van der Waals surface area contributed by atoms with E-state index in [2.05, 4.69) is 51.3 Å². The minimum absolute atomic E-state index is 0.829. The Balaban J connectivity index is 1.84. The van der Waals surface area contributed by atoms with Gasteiger partial charge in [0, 0.05) is 17.6 Å². The second-order valence-corrected chi connectivity index (χ2v) is 6.34. The van der Waals surface area contributed by atoms with Gasteiger partial charge in [-0.2, -0.15) is 0 Å². The zero-order chi connectivity index (χ0) is 11.8. The number of piperidine rings is 2. The summed E-state index contributed by atoms with van der Waals surface area (Å²) in [6, 6.07) is 6.69. The van der Waals surface area contributed by atoms with Gasteiger partial charge in [0.2, 0.25) is 0 Å². The molecule has 2 bridgehead atoms. The van der Waals surface area contributed by atoms with E-state index >= 15 is 0 Å². The SMILES string of the molecule is Cc1ccc(N2CC3CNCC(C3)C2)c(Br)c1. The molecule has 3 rings (SSSR count). The van der Waals surface area contributed by atoms with Gasteiger partial charge in [0.15, 0.2) is 0 Å². The van der Waals surface area contributed by atoms with E-state index in [-0.39, 0.29) is 0 Å². The minimum Gasteiger partial charge on any atom is -0.370 e. The molecule has 2 atom stereocenters. The van der Waals surface area contributed by atoms with Crippen molar-refractivity contribution in [1.29, 1.82) is 0 Å². The number of fused-ring (bicyclic) bond motifs is 2. The predicted octanol–water partition coefficient (Wildman–Crippen LogP) is 2.80. The molecule has 2 unspecified atom stereocenters. The van der Waals surface area contributed by atoms with E-state index in [0.29, 0.717) is 0 Å². The quantitative estimate of drug-likeness (QED) is 0.857. The molecule has 1 aromatic carbocycles. The number of nitrogens with one attached hydrogen (secondary N) is 1. The average molecular weight is 295 g/mol. The maximum atomic E-state index is 3.71. The highest BCUT2D eigenvalue weighted by atomic mass is 79.9. The monoisotopic (exact) mass is 294 g/mol. The molecule has 0 amide bonds. The molecule has 0 saturated carbocycles. The molecule has 0 aliphatic carbocycles. The normalized spacial score (nSPS) is 28.2. The van der Waals surface area contributed by atoms with E-state index in [1.165, 1.54) is 48.3 Å². The summed E-state index contributed by atoms with van der Waals surface area (Å²) in [4.78, 5) is 2.56. The number of nitrogens with zero attached hydrogens (tertiary/aromatic N) is 1. The third-order valence-corrected chi connectivity index (χ3v) is 4.57. The van der Waals surface area contributed by atoms with Gasteiger partial charge >= 0.3 is 0 Å². The Morgan fingerprint density at radius 1 is 1.24 bits per heavy atom. The van der Waals surface area contributed by atoms with Crippen LogP contribution in [-0.4, -0.2) is 26.2 Å². The van der Waals surface area contributed by atoms with Crippen LogP contribution in [-0.2, 0) is 0 Å². The maximum Gasteiger partial charge on any atom is 0.0511 e. The van der Waals surface area contributed by atoms with E-state index in [4.69, 9.17) is 0 Å². The lowest BCUT2D eigenvalue weighted by atomic mass is 9.85. The summed E-state index contributed by atoms with van der Waals surface area (Å²) in [5.74, 6) is 1.66. The van der Waals surface area contributed by atoms with Crippen LogP contribution in [0.1, 0.15) is 12.0 Å². The van der Waals surface area contributed by atoms with Crippen molar-refractivity contribution >= 4 is 21.6 Å². The summed E-state index contributed by atoms with van der Waals surface area (Å²) < 4.78 is 1.24. The fraction of sp³-hybridized carbons (Fsp3) is 0.571. The number of hydrogen-bond acceptors (Lipinski definition) is 2. The van der Waals surface area contributed by atoms with Gasteiger partial charge in [-0.15, -0.1) is 0 Å². The zero-order valence-electron chi connectivity index (χ0n) is 10.2. The first-order valence-corrected chi connectivity index (χ1v) is 7.23. The van der Waals surface area contributed by atoms with Crippen molar-refractivity contribution < 1.29 is 0 Å². The molecular weight excluding hydrogens is 276 g/mol. The van der Waals surface area contributed by atoms with Crippen LogP contribution in [0.3, 0.4) is 0 Å². The number of halogens is 1. The molecule has 3 heteroatoms.